The normalized spacial score (nSPS) is 10.6. The van der Waals surface area contributed by atoms with Gasteiger partial charge in [-0.05, 0) is 25.1 Å². The Morgan fingerprint density at radius 3 is 2.94 bits per heavy atom. The maximum atomic E-state index is 11.5. The molecule has 1 heterocycles. The van der Waals surface area contributed by atoms with Crippen molar-refractivity contribution < 1.29 is 0 Å². The number of halogens is 1. The van der Waals surface area contributed by atoms with E-state index in [0.29, 0.717) is 23.0 Å². The Kier molecular flexibility index (Phi) is 4.08. The lowest BCUT2D eigenvalue weighted by Gasteiger charge is -2.04. The molecule has 0 radical (unpaired) electrons. The third-order valence-electron chi connectivity index (χ3n) is 2.41. The molecule has 2 aromatic rings. The number of nitrogens with two attached hydrogens (primary N) is 1. The van der Waals surface area contributed by atoms with Crippen LogP contribution in [0.4, 0.5) is 5.82 Å². The van der Waals surface area contributed by atoms with E-state index in [1.807, 2.05) is 24.3 Å². The van der Waals surface area contributed by atoms with E-state index in [-0.39, 0.29) is 5.56 Å². The number of hydrogen-bond donors (Lipinski definition) is 2. The Morgan fingerprint density at radius 1 is 1.50 bits per heavy atom. The summed E-state index contributed by atoms with van der Waals surface area (Å²) in [6, 6.07) is 7.95. The fraction of sp³-hybridized carbons (Fsp3) is 0.167. The summed E-state index contributed by atoms with van der Waals surface area (Å²) in [6.07, 6.45) is 0. The number of rotatable bonds is 3. The summed E-state index contributed by atoms with van der Waals surface area (Å²) >= 11 is 5.01. The molecule has 3 N–H and O–H groups in total. The van der Waals surface area contributed by atoms with Gasteiger partial charge in [-0.15, -0.1) is 11.8 Å². The van der Waals surface area contributed by atoms with Crippen molar-refractivity contribution in [3.8, 4) is 0 Å². The highest BCUT2D eigenvalue weighted by Crippen LogP contribution is 2.24. The summed E-state index contributed by atoms with van der Waals surface area (Å²) in [5.74, 6) is 1.47. The van der Waals surface area contributed by atoms with Crippen molar-refractivity contribution >= 4 is 33.5 Å². The molecule has 2 rings (SSSR count). The zero-order valence-electron chi connectivity index (χ0n) is 9.74. The molecule has 0 atom stereocenters. The highest BCUT2D eigenvalue weighted by Gasteiger charge is 2.05. The lowest BCUT2D eigenvalue weighted by atomic mass is 10.3. The average Bonchev–Trinajstić information content (AvgIpc) is 2.33. The van der Waals surface area contributed by atoms with Crippen molar-refractivity contribution in [2.75, 3.05) is 5.73 Å². The molecule has 0 spiro atoms. The van der Waals surface area contributed by atoms with Crippen LogP contribution in [0, 0.1) is 6.92 Å². The first kappa shape index (κ1) is 13.2. The van der Waals surface area contributed by atoms with Crippen molar-refractivity contribution in [1.82, 2.24) is 9.97 Å². The molecule has 4 nitrogen and oxygen atoms in total. The first-order valence-corrected chi connectivity index (χ1v) is 7.08. The number of H-pyrrole nitrogens is 1. The van der Waals surface area contributed by atoms with Crippen molar-refractivity contribution in [2.24, 2.45) is 0 Å². The predicted octanol–water partition coefficient (Wildman–Crippen LogP) is 2.72. The molecule has 1 aromatic heterocycles. The van der Waals surface area contributed by atoms with Crippen LogP contribution in [0.2, 0.25) is 0 Å². The number of benzene rings is 1. The summed E-state index contributed by atoms with van der Waals surface area (Å²) in [7, 11) is 0. The van der Waals surface area contributed by atoms with Gasteiger partial charge >= 0.3 is 0 Å². The third-order valence-corrected chi connectivity index (χ3v) is 3.91. The topological polar surface area (TPSA) is 71.8 Å². The zero-order chi connectivity index (χ0) is 13.1. The Balaban J connectivity index is 2.14. The van der Waals surface area contributed by atoms with Crippen LogP contribution in [-0.2, 0) is 5.75 Å². The molecule has 6 heteroatoms. The molecule has 0 fully saturated rings. The van der Waals surface area contributed by atoms with Crippen LogP contribution in [0.1, 0.15) is 11.4 Å². The van der Waals surface area contributed by atoms with Crippen LogP contribution >= 0.6 is 27.7 Å². The minimum atomic E-state index is -0.174. The van der Waals surface area contributed by atoms with E-state index in [0.717, 1.165) is 9.37 Å². The number of nitrogens with zero attached hydrogens (tertiary/aromatic N) is 1. The second kappa shape index (κ2) is 5.58. The molecule has 0 aliphatic carbocycles. The molecule has 0 saturated heterocycles. The number of aromatic amines is 1. The second-order valence-electron chi connectivity index (χ2n) is 3.77. The number of hydrogen-bond acceptors (Lipinski definition) is 4. The highest BCUT2D eigenvalue weighted by atomic mass is 79.9. The maximum Gasteiger partial charge on any atom is 0.255 e. The number of nitrogen functional groups attached to an aromatic ring is 1. The van der Waals surface area contributed by atoms with Gasteiger partial charge in [0.15, 0.2) is 0 Å². The zero-order valence-corrected chi connectivity index (χ0v) is 12.1. The number of aromatic nitrogens is 2. The van der Waals surface area contributed by atoms with Crippen LogP contribution in [0.5, 0.6) is 0 Å². The Morgan fingerprint density at radius 2 is 2.28 bits per heavy atom. The van der Waals surface area contributed by atoms with Crippen LogP contribution in [0.3, 0.4) is 0 Å². The van der Waals surface area contributed by atoms with E-state index in [1.54, 1.807) is 18.7 Å². The monoisotopic (exact) mass is 325 g/mol. The molecule has 1 aromatic carbocycles. The smallest absolute Gasteiger partial charge is 0.255 e. The number of nitrogens with one attached hydrogen (secondary N) is 1. The minimum Gasteiger partial charge on any atom is -0.383 e. The molecule has 0 saturated carbocycles. The Bertz CT molecular complexity index is 627. The van der Waals surface area contributed by atoms with Gasteiger partial charge in [-0.3, -0.25) is 4.79 Å². The Hall–Kier alpha value is -1.27. The van der Waals surface area contributed by atoms with Crippen molar-refractivity contribution in [2.45, 2.75) is 17.6 Å². The predicted molar refractivity (Wildman–Crippen MR) is 77.7 cm³/mol. The average molecular weight is 326 g/mol. The van der Waals surface area contributed by atoms with Crippen LogP contribution < -0.4 is 11.3 Å². The molecule has 0 aliphatic heterocycles. The van der Waals surface area contributed by atoms with Gasteiger partial charge in [0.1, 0.15) is 11.6 Å². The van der Waals surface area contributed by atoms with Gasteiger partial charge < -0.3 is 10.7 Å². The maximum absolute atomic E-state index is 11.5. The van der Waals surface area contributed by atoms with Gasteiger partial charge in [-0.1, -0.05) is 22.0 Å². The fourth-order valence-corrected chi connectivity index (χ4v) is 2.75. The van der Waals surface area contributed by atoms with E-state index in [4.69, 9.17) is 5.73 Å². The van der Waals surface area contributed by atoms with Gasteiger partial charge in [0.05, 0.1) is 11.3 Å². The number of anilines is 1. The van der Waals surface area contributed by atoms with Gasteiger partial charge in [0, 0.05) is 9.37 Å². The van der Waals surface area contributed by atoms with E-state index in [9.17, 15) is 4.79 Å². The highest BCUT2D eigenvalue weighted by molar-refractivity contribution is 9.10. The lowest BCUT2D eigenvalue weighted by molar-refractivity contribution is 0.988. The van der Waals surface area contributed by atoms with E-state index in [1.165, 1.54) is 0 Å². The summed E-state index contributed by atoms with van der Waals surface area (Å²) in [4.78, 5) is 19.5. The van der Waals surface area contributed by atoms with E-state index >= 15 is 0 Å². The van der Waals surface area contributed by atoms with Crippen molar-refractivity contribution in [1.29, 1.82) is 0 Å². The standard InChI is InChI=1S/C12H12BrN3OS/c1-7-11(14)15-10(16-12(7)17)6-18-9-4-2-3-8(13)5-9/h2-5H,6H2,1H3,(H3,14,15,16,17). The second-order valence-corrected chi connectivity index (χ2v) is 5.73. The van der Waals surface area contributed by atoms with Crippen molar-refractivity contribution in [3.05, 3.63) is 50.5 Å². The molecule has 0 amide bonds. The fourth-order valence-electron chi connectivity index (χ4n) is 1.38. The summed E-state index contributed by atoms with van der Waals surface area (Å²) in [5, 5.41) is 0. The van der Waals surface area contributed by atoms with Gasteiger partial charge in [0.2, 0.25) is 0 Å². The van der Waals surface area contributed by atoms with Crippen LogP contribution in [0.25, 0.3) is 0 Å². The first-order chi connectivity index (χ1) is 8.56. The largest absolute Gasteiger partial charge is 0.383 e. The summed E-state index contributed by atoms with van der Waals surface area (Å²) in [6.45, 7) is 1.66. The summed E-state index contributed by atoms with van der Waals surface area (Å²) < 4.78 is 1.03. The van der Waals surface area contributed by atoms with Gasteiger partial charge in [-0.25, -0.2) is 4.98 Å². The molecule has 0 unspecified atom stereocenters. The minimum absolute atomic E-state index is 0.174. The van der Waals surface area contributed by atoms with Crippen LogP contribution in [0.15, 0.2) is 38.4 Å². The van der Waals surface area contributed by atoms with E-state index < -0.39 is 0 Å². The van der Waals surface area contributed by atoms with E-state index in [2.05, 4.69) is 25.9 Å². The quantitative estimate of drug-likeness (QED) is 0.851. The Labute approximate surface area is 117 Å². The summed E-state index contributed by atoms with van der Waals surface area (Å²) in [5.41, 5.74) is 5.96. The molecule has 0 aliphatic rings. The molecule has 18 heavy (non-hydrogen) atoms. The molecule has 0 bridgehead atoms. The molecular weight excluding hydrogens is 314 g/mol. The molecular formula is C12H12BrN3OS. The SMILES string of the molecule is Cc1c(N)nc(CSc2cccc(Br)c2)[nH]c1=O. The van der Waals surface area contributed by atoms with Gasteiger partial charge in [0.25, 0.3) is 5.56 Å². The lowest BCUT2D eigenvalue weighted by Crippen LogP contribution is -2.16. The number of thioether (sulfide) groups is 1. The van der Waals surface area contributed by atoms with Crippen LogP contribution in [-0.4, -0.2) is 9.97 Å². The molecule has 94 valence electrons. The first-order valence-electron chi connectivity index (χ1n) is 5.30. The van der Waals surface area contributed by atoms with Gasteiger partial charge in [-0.2, -0.15) is 0 Å². The third kappa shape index (κ3) is 3.14. The van der Waals surface area contributed by atoms with Crippen molar-refractivity contribution in [3.63, 3.8) is 0 Å².